The first kappa shape index (κ1) is 61.9. The van der Waals surface area contributed by atoms with Gasteiger partial charge in [0.2, 0.25) is 0 Å². The quantitative estimate of drug-likeness (QED) is 0.112. The number of benzene rings is 3. The second-order valence-corrected chi connectivity index (χ2v) is 24.4. The van der Waals surface area contributed by atoms with E-state index in [2.05, 4.69) is 89.4 Å². The largest absolute Gasteiger partial charge is 1.00 e. The minimum absolute atomic E-state index is 0. The molecule has 2 amide bonds. The molecule has 23 heteroatoms. The summed E-state index contributed by atoms with van der Waals surface area (Å²) in [6, 6.07) is 21.1. The minimum Gasteiger partial charge on any atom is -1.00 e. The molecule has 4 saturated heterocycles. The average molecular weight is 1100 g/mol. The van der Waals surface area contributed by atoms with Crippen LogP contribution in [-0.4, -0.2) is 214 Å². The maximum absolute atomic E-state index is 12.5. The van der Waals surface area contributed by atoms with Gasteiger partial charge >= 0.3 is 24.1 Å². The number of fused-ring (bicyclic) bond motifs is 3. The molecule has 4 fully saturated rings. The van der Waals surface area contributed by atoms with Gasteiger partial charge in [0.25, 0.3) is 11.8 Å². The van der Waals surface area contributed by atoms with Crippen molar-refractivity contribution < 1.29 is 58.2 Å². The zero-order valence-corrected chi connectivity index (χ0v) is 45.6. The van der Waals surface area contributed by atoms with Crippen molar-refractivity contribution in [2.24, 2.45) is 0 Å². The number of carbonyl (C=O) groups excluding carboxylic acids is 3. The van der Waals surface area contributed by atoms with Crippen molar-refractivity contribution in [3.8, 4) is 17.2 Å². The molecule has 6 aromatic rings. The fraction of sp³-hybridized carbons (Fsp3) is 0.460. The molecule has 394 valence electrons. The Morgan fingerprint density at radius 3 is 1.37 bits per heavy atom. The van der Waals surface area contributed by atoms with Gasteiger partial charge in [-0.05, 0) is 134 Å². The predicted molar refractivity (Wildman–Crippen MR) is 296 cm³/mol. The van der Waals surface area contributed by atoms with Crippen LogP contribution in [0.25, 0.3) is 32.7 Å². The molecule has 0 spiro atoms. The van der Waals surface area contributed by atoms with Crippen molar-refractivity contribution in [2.45, 2.75) is 19.4 Å². The first-order valence-corrected chi connectivity index (χ1v) is 28.1. The van der Waals surface area contributed by atoms with Crippen molar-refractivity contribution in [1.29, 1.82) is 0 Å². The van der Waals surface area contributed by atoms with Gasteiger partial charge in [0.15, 0.2) is 23.6 Å². The molecule has 7 heterocycles. The topological polar surface area (TPSA) is 172 Å². The number of likely N-dealkylation sites (N-methyl/N-ethyl adjacent to an activating group) is 3. The number of ether oxygens (including phenoxy) is 4. The van der Waals surface area contributed by atoms with E-state index in [9.17, 15) is 18.9 Å². The van der Waals surface area contributed by atoms with Gasteiger partial charge in [0, 0.05) is 142 Å². The number of nitrogens with one attached hydrogen (secondary N) is 3. The summed E-state index contributed by atoms with van der Waals surface area (Å²) in [5, 5.41) is -0.280. The first-order chi connectivity index (χ1) is 34.0. The molecule has 3 aromatic carbocycles. The number of nitrogens with zero attached hydrogens (tertiary/aromatic N) is 6. The number of aromatic amines is 3. The number of hydrogen-bond acceptors (Lipinski definition) is 12. The monoisotopic (exact) mass is 1100 g/mol. The van der Waals surface area contributed by atoms with E-state index in [0.717, 1.165) is 166 Å². The Hall–Kier alpha value is -3.68. The summed E-state index contributed by atoms with van der Waals surface area (Å²) in [6.07, 6.45) is 3.50. The van der Waals surface area contributed by atoms with Crippen LogP contribution in [0.5, 0.6) is 17.2 Å². The Balaban J connectivity index is 0.000000262. The van der Waals surface area contributed by atoms with Gasteiger partial charge < -0.3 is 59.8 Å². The smallest absolute Gasteiger partial charge is 1.00 e. The molecule has 0 radical (unpaired) electrons. The number of H-pyrrole nitrogens is 3. The molecule has 10 rings (SSSR count). The maximum Gasteiger partial charge on any atom is 1.00 e. The van der Waals surface area contributed by atoms with Gasteiger partial charge in [0.1, 0.15) is 28.6 Å². The summed E-state index contributed by atoms with van der Waals surface area (Å²) >= 11 is 13.8. The zero-order chi connectivity index (χ0) is 51.1. The van der Waals surface area contributed by atoms with Crippen molar-refractivity contribution in [1.82, 2.24) is 44.4 Å². The van der Waals surface area contributed by atoms with Crippen LogP contribution in [0.2, 0.25) is 0 Å². The van der Waals surface area contributed by atoms with Crippen molar-refractivity contribution >= 4 is 107 Å². The van der Waals surface area contributed by atoms with Gasteiger partial charge in [0.05, 0.1) is 21.3 Å². The Kier molecular flexibility index (Phi) is 25.6. The van der Waals surface area contributed by atoms with Crippen molar-refractivity contribution in [3.63, 3.8) is 0 Å². The van der Waals surface area contributed by atoms with Crippen LogP contribution in [0.3, 0.4) is 0 Å². The Labute approximate surface area is 466 Å². The van der Waals surface area contributed by atoms with E-state index in [1.165, 1.54) is 12.8 Å². The van der Waals surface area contributed by atoms with Crippen LogP contribution < -0.4 is 33.1 Å². The number of aromatic nitrogens is 3. The molecule has 3 N–H and O–H groups in total. The predicted octanol–water partition coefficient (Wildman–Crippen LogP) is 4.40. The molecule has 0 bridgehead atoms. The molecular weight excluding hydrogens is 1030 g/mol. The van der Waals surface area contributed by atoms with E-state index in [-0.39, 0.29) is 49.5 Å². The summed E-state index contributed by atoms with van der Waals surface area (Å²) in [7, 11) is 11.2. The molecule has 0 atom stereocenters. The Bertz CT molecular complexity index is 2610. The normalized spacial score (nSPS) is 16.5. The summed E-state index contributed by atoms with van der Waals surface area (Å²) < 4.78 is 30.1. The standard InChI is InChI=1S/C16H21N3O2.2C15H19N3O2.C4H8O.Al.Cl3OP.Li.4H/c1-18-5-7-19(8-6-18)10-16-14(11-20)13-9-12(21-2)3-4-15(13)17-16;2*1-17-5-7-18(8-6-17)15(19)14-10-11-9-12(20-2)3-4-13(11)16-14;1-2-4-5-3-1;;1-5(2,3)4;;;;;/h3-4,9,11,17H,5-8,10H2,1-2H3;2*3-4,9-10,16H,5-8H2,1-2H3;1-4H2;;;;;;;/q;;;;;;+1;;;;-1. The van der Waals surface area contributed by atoms with Crippen LogP contribution in [0.1, 0.15) is 51.3 Å². The molecule has 3 aromatic heterocycles. The number of aldehydes is 1. The molecular formula is C50H71AlCl3LiN9O8P. The second kappa shape index (κ2) is 30.2. The van der Waals surface area contributed by atoms with E-state index in [0.29, 0.717) is 11.4 Å². The van der Waals surface area contributed by atoms with Gasteiger partial charge in [-0.1, -0.05) is 0 Å². The van der Waals surface area contributed by atoms with Crippen LogP contribution in [0, 0.1) is 0 Å². The third-order valence-corrected chi connectivity index (χ3v) is 12.7. The van der Waals surface area contributed by atoms with E-state index >= 15 is 0 Å². The second-order valence-electron chi connectivity index (χ2n) is 17.8. The summed E-state index contributed by atoms with van der Waals surface area (Å²) in [5.74, 6) is 2.53. The molecule has 0 unspecified atom stereocenters. The SMILES string of the molecule is C1CCOC1.COc1ccc2[nH]c(C(=O)N3CCN(C)CC3)cc2c1.COc1ccc2[nH]c(C(=O)N3CCN(C)CC3)cc2c1.COc1ccc2[nH]c(CN3CCN(C)CC3)c(C=O)c2c1.O=P(Cl)(Cl)Cl.[AlH3].[H-].[Li+]. The third kappa shape index (κ3) is 18.8. The van der Waals surface area contributed by atoms with Crippen LogP contribution >= 0.6 is 38.9 Å². The molecule has 0 saturated carbocycles. The number of carbonyl (C=O) groups is 3. The molecule has 0 aliphatic carbocycles. The van der Waals surface area contributed by atoms with Crippen molar-refractivity contribution in [2.75, 3.05) is 134 Å². The van der Waals surface area contributed by atoms with Gasteiger partial charge in [-0.25, -0.2) is 0 Å². The van der Waals surface area contributed by atoms with Crippen LogP contribution in [0.4, 0.5) is 0 Å². The van der Waals surface area contributed by atoms with Crippen LogP contribution in [0.15, 0.2) is 66.7 Å². The Morgan fingerprint density at radius 1 is 0.616 bits per heavy atom. The number of piperazine rings is 3. The number of hydrogen-bond donors (Lipinski definition) is 3. The molecule has 73 heavy (non-hydrogen) atoms. The fourth-order valence-corrected chi connectivity index (χ4v) is 8.44. The Morgan fingerprint density at radius 2 is 1.00 bits per heavy atom. The fourth-order valence-electron chi connectivity index (χ4n) is 8.44. The van der Waals surface area contributed by atoms with E-state index < -0.39 is 5.20 Å². The number of rotatable bonds is 8. The van der Waals surface area contributed by atoms with Gasteiger partial charge in [-0.15, -0.1) is 0 Å². The zero-order valence-electron chi connectivity index (χ0n) is 43.5. The molecule has 4 aliphatic rings. The van der Waals surface area contributed by atoms with E-state index in [1.54, 1.807) is 21.3 Å². The van der Waals surface area contributed by atoms with E-state index in [1.807, 2.05) is 76.5 Å². The summed E-state index contributed by atoms with van der Waals surface area (Å²) in [4.78, 5) is 59.2. The average Bonchev–Trinajstić information content (AvgIpc) is 4.21. The molecule has 17 nitrogen and oxygen atoms in total. The first-order valence-electron chi connectivity index (χ1n) is 23.7. The van der Waals surface area contributed by atoms with E-state index in [4.69, 9.17) is 18.9 Å². The van der Waals surface area contributed by atoms with Crippen molar-refractivity contribution in [3.05, 3.63) is 89.4 Å². The van der Waals surface area contributed by atoms with Gasteiger partial charge in [-0.3, -0.25) is 23.8 Å². The number of amides is 2. The summed E-state index contributed by atoms with van der Waals surface area (Å²) in [5.41, 5.74) is 5.96. The third-order valence-electron chi connectivity index (χ3n) is 12.7. The summed E-state index contributed by atoms with van der Waals surface area (Å²) in [6.45, 7) is 13.9. The number of halogens is 3. The number of methoxy groups -OCH3 is 3. The van der Waals surface area contributed by atoms with Gasteiger partial charge in [-0.2, -0.15) is 0 Å². The minimum atomic E-state index is -3.22. The maximum atomic E-state index is 12.5. The van der Waals surface area contributed by atoms with Crippen LogP contribution in [-0.2, 0) is 15.8 Å². The molecule has 4 aliphatic heterocycles.